The van der Waals surface area contributed by atoms with Gasteiger partial charge in [-0.15, -0.1) is 0 Å². The molecule has 0 amide bonds. The second-order valence-electron chi connectivity index (χ2n) is 9.46. The number of hydrogen-bond donors (Lipinski definition) is 2. The first-order valence-corrected chi connectivity index (χ1v) is 12.2. The highest BCUT2D eigenvalue weighted by atomic mass is 16.1. The maximum absolute atomic E-state index is 12.1. The van der Waals surface area contributed by atoms with E-state index in [0.717, 1.165) is 59.3 Å². The molecule has 5 aromatic rings. The zero-order valence-electron chi connectivity index (χ0n) is 20.5. The van der Waals surface area contributed by atoms with Gasteiger partial charge in [0.15, 0.2) is 0 Å². The number of aromatic amines is 1. The number of anilines is 3. The summed E-state index contributed by atoms with van der Waals surface area (Å²) < 4.78 is 0. The van der Waals surface area contributed by atoms with Crippen molar-refractivity contribution in [3.63, 3.8) is 0 Å². The van der Waals surface area contributed by atoms with Gasteiger partial charge in [0, 0.05) is 66.3 Å². The lowest BCUT2D eigenvalue weighted by atomic mass is 10.00. The van der Waals surface area contributed by atoms with Crippen LogP contribution in [0.15, 0.2) is 77.9 Å². The molecule has 1 saturated heterocycles. The first-order chi connectivity index (χ1) is 17.5. The van der Waals surface area contributed by atoms with Gasteiger partial charge in [0.25, 0.3) is 5.56 Å². The van der Waals surface area contributed by atoms with Crippen molar-refractivity contribution >= 4 is 39.0 Å². The molecule has 2 aromatic heterocycles. The number of hydrogen-bond acceptors (Lipinski definition) is 6. The van der Waals surface area contributed by atoms with Gasteiger partial charge in [-0.2, -0.15) is 0 Å². The second-order valence-corrected chi connectivity index (χ2v) is 9.46. The largest absolute Gasteiger partial charge is 0.369 e. The summed E-state index contributed by atoms with van der Waals surface area (Å²) in [7, 11) is 2.17. The zero-order valence-corrected chi connectivity index (χ0v) is 20.5. The van der Waals surface area contributed by atoms with E-state index >= 15 is 0 Å². The molecule has 0 bridgehead atoms. The number of aryl methyl sites for hydroxylation is 1. The fourth-order valence-electron chi connectivity index (χ4n) is 4.97. The molecule has 2 N–H and O–H groups in total. The lowest BCUT2D eigenvalue weighted by molar-refractivity contribution is 0.312. The van der Waals surface area contributed by atoms with Crippen LogP contribution in [0, 0.1) is 6.92 Å². The molecule has 1 fully saturated rings. The maximum Gasteiger partial charge on any atom is 0.255 e. The van der Waals surface area contributed by atoms with Gasteiger partial charge in [0.1, 0.15) is 0 Å². The van der Waals surface area contributed by atoms with Gasteiger partial charge in [-0.1, -0.05) is 24.3 Å². The molecule has 6 rings (SSSR count). The molecule has 3 heterocycles. The highest BCUT2D eigenvalue weighted by Crippen LogP contribution is 2.31. The Labute approximate surface area is 209 Å². The summed E-state index contributed by atoms with van der Waals surface area (Å²) in [6, 6.07) is 20.3. The summed E-state index contributed by atoms with van der Waals surface area (Å²) in [6.45, 7) is 6.41. The summed E-state index contributed by atoms with van der Waals surface area (Å²) in [4.78, 5) is 29.1. The van der Waals surface area contributed by atoms with Gasteiger partial charge in [0.2, 0.25) is 5.95 Å². The molecular formula is C29H28N6O. The zero-order chi connectivity index (χ0) is 24.6. The van der Waals surface area contributed by atoms with Crippen molar-refractivity contribution in [2.45, 2.75) is 6.92 Å². The van der Waals surface area contributed by atoms with Crippen molar-refractivity contribution in [2.75, 3.05) is 43.4 Å². The molecule has 0 unspecified atom stereocenters. The average Bonchev–Trinajstić information content (AvgIpc) is 2.89. The summed E-state index contributed by atoms with van der Waals surface area (Å²) in [6.07, 6.45) is 3.53. The van der Waals surface area contributed by atoms with Crippen LogP contribution < -0.4 is 15.8 Å². The van der Waals surface area contributed by atoms with Crippen LogP contribution in [0.5, 0.6) is 0 Å². The third-order valence-corrected chi connectivity index (χ3v) is 6.99. The molecule has 0 saturated carbocycles. The molecule has 7 heteroatoms. The third kappa shape index (κ3) is 4.18. The minimum Gasteiger partial charge on any atom is -0.369 e. The van der Waals surface area contributed by atoms with Crippen molar-refractivity contribution < 1.29 is 0 Å². The van der Waals surface area contributed by atoms with Crippen LogP contribution in [0.2, 0.25) is 0 Å². The minimum atomic E-state index is -0.0836. The van der Waals surface area contributed by atoms with Gasteiger partial charge < -0.3 is 20.1 Å². The van der Waals surface area contributed by atoms with Crippen molar-refractivity contribution in [2.24, 2.45) is 0 Å². The Morgan fingerprint density at radius 2 is 1.81 bits per heavy atom. The average molecular weight is 477 g/mol. The Kier molecular flexibility index (Phi) is 5.62. The fourth-order valence-corrected chi connectivity index (χ4v) is 4.97. The molecule has 0 spiro atoms. The number of nitrogens with one attached hydrogen (secondary N) is 2. The van der Waals surface area contributed by atoms with Crippen LogP contribution >= 0.6 is 0 Å². The lowest BCUT2D eigenvalue weighted by Gasteiger charge is -2.35. The number of H-pyrrole nitrogens is 1. The lowest BCUT2D eigenvalue weighted by Crippen LogP contribution is -2.44. The summed E-state index contributed by atoms with van der Waals surface area (Å²) in [5.74, 6) is 0.555. The van der Waals surface area contributed by atoms with Gasteiger partial charge in [-0.05, 0) is 66.9 Å². The summed E-state index contributed by atoms with van der Waals surface area (Å²) in [5, 5.41) is 5.93. The van der Waals surface area contributed by atoms with E-state index in [9.17, 15) is 4.79 Å². The molecule has 36 heavy (non-hydrogen) atoms. The van der Waals surface area contributed by atoms with Gasteiger partial charge in [0.05, 0.1) is 5.52 Å². The Morgan fingerprint density at radius 3 is 2.64 bits per heavy atom. The van der Waals surface area contributed by atoms with E-state index in [2.05, 4.69) is 63.3 Å². The minimum absolute atomic E-state index is 0.0836. The van der Waals surface area contributed by atoms with Crippen molar-refractivity contribution in [1.29, 1.82) is 0 Å². The molecule has 0 radical (unpaired) electrons. The number of rotatable bonds is 4. The number of para-hydroxylation sites is 1. The Balaban J connectivity index is 1.32. The maximum atomic E-state index is 12.1. The van der Waals surface area contributed by atoms with Crippen LogP contribution in [-0.4, -0.2) is 53.1 Å². The Morgan fingerprint density at radius 1 is 0.944 bits per heavy atom. The van der Waals surface area contributed by atoms with Crippen molar-refractivity contribution in [3.8, 4) is 11.1 Å². The topological polar surface area (TPSA) is 77.1 Å². The molecule has 7 nitrogen and oxygen atoms in total. The van der Waals surface area contributed by atoms with Gasteiger partial charge >= 0.3 is 0 Å². The van der Waals surface area contributed by atoms with E-state index in [1.54, 1.807) is 6.20 Å². The van der Waals surface area contributed by atoms with E-state index in [-0.39, 0.29) is 5.56 Å². The van der Waals surface area contributed by atoms with E-state index < -0.39 is 0 Å². The van der Waals surface area contributed by atoms with Crippen molar-refractivity contribution in [1.82, 2.24) is 19.9 Å². The van der Waals surface area contributed by atoms with Crippen LogP contribution in [0.4, 0.5) is 17.3 Å². The molecule has 1 aliphatic heterocycles. The summed E-state index contributed by atoms with van der Waals surface area (Å²) >= 11 is 0. The highest BCUT2D eigenvalue weighted by Gasteiger charge is 2.16. The molecule has 0 atom stereocenters. The standard InChI is InChI=1S/C29H28N6O/c1-19-16-23(7-9-26(19)35-14-12-34(2)13-15-35)32-29-31-18-22-4-3-5-24(27(22)33-29)20-6-8-25-21(17-20)10-11-30-28(25)36/h3-11,16-18H,12-15H2,1-2H3,(H,30,36)(H,31,32,33). The van der Waals surface area contributed by atoms with E-state index in [4.69, 9.17) is 4.98 Å². The Hall–Kier alpha value is -4.23. The van der Waals surface area contributed by atoms with E-state index in [0.29, 0.717) is 11.3 Å². The van der Waals surface area contributed by atoms with E-state index in [1.807, 2.05) is 42.6 Å². The predicted molar refractivity (Wildman–Crippen MR) is 147 cm³/mol. The van der Waals surface area contributed by atoms with E-state index in [1.165, 1.54) is 11.3 Å². The molecule has 180 valence electrons. The third-order valence-electron chi connectivity index (χ3n) is 6.99. The predicted octanol–water partition coefficient (Wildman–Crippen LogP) is 4.94. The molecule has 0 aliphatic carbocycles. The van der Waals surface area contributed by atoms with Crippen LogP contribution in [0.25, 0.3) is 32.8 Å². The second kappa shape index (κ2) is 9.09. The normalized spacial score (nSPS) is 14.4. The number of nitrogens with zero attached hydrogens (tertiary/aromatic N) is 4. The fraction of sp³-hybridized carbons (Fsp3) is 0.207. The molecule has 3 aromatic carbocycles. The summed E-state index contributed by atoms with van der Waals surface area (Å²) in [5.41, 5.74) is 6.27. The quantitative estimate of drug-likeness (QED) is 0.383. The smallest absolute Gasteiger partial charge is 0.255 e. The first-order valence-electron chi connectivity index (χ1n) is 12.2. The molecule has 1 aliphatic rings. The SMILES string of the molecule is Cc1cc(Nc2ncc3cccc(-c4ccc5c(=O)[nH]ccc5c4)c3n2)ccc1N1CCN(C)CC1. The molecular weight excluding hydrogens is 448 g/mol. The number of likely N-dealkylation sites (N-methyl/N-ethyl adjacent to an activating group) is 1. The van der Waals surface area contributed by atoms with Crippen LogP contribution in [0.3, 0.4) is 0 Å². The monoisotopic (exact) mass is 476 g/mol. The highest BCUT2D eigenvalue weighted by molar-refractivity contribution is 5.96. The van der Waals surface area contributed by atoms with Gasteiger partial charge in [-0.25, -0.2) is 9.97 Å². The number of benzene rings is 3. The number of aromatic nitrogens is 3. The van der Waals surface area contributed by atoms with Gasteiger partial charge in [-0.3, -0.25) is 4.79 Å². The van der Waals surface area contributed by atoms with Crippen molar-refractivity contribution in [3.05, 3.63) is 89.0 Å². The Bertz CT molecular complexity index is 1630. The number of pyridine rings is 1. The number of fused-ring (bicyclic) bond motifs is 2. The van der Waals surface area contributed by atoms with Crippen LogP contribution in [0.1, 0.15) is 5.56 Å². The van der Waals surface area contributed by atoms with Crippen LogP contribution in [-0.2, 0) is 0 Å². The number of piperazine rings is 1. The first kappa shape index (κ1) is 22.2.